The Morgan fingerprint density at radius 2 is 2.05 bits per heavy atom. The van der Waals surface area contributed by atoms with E-state index < -0.39 is 43.0 Å². The number of amides is 1. The molecule has 220 valence electrons. The lowest BCUT2D eigenvalue weighted by molar-refractivity contribution is -0.172. The predicted octanol–water partition coefficient (Wildman–Crippen LogP) is 3.26. The van der Waals surface area contributed by atoms with Crippen LogP contribution in [0.1, 0.15) is 30.2 Å². The molecule has 2 aliphatic rings. The quantitative estimate of drug-likeness (QED) is 0.272. The predicted molar refractivity (Wildman–Crippen MR) is 147 cm³/mol. The van der Waals surface area contributed by atoms with Gasteiger partial charge in [0.25, 0.3) is 5.92 Å². The summed E-state index contributed by atoms with van der Waals surface area (Å²) in [5.74, 6) is -3.44. The zero-order chi connectivity index (χ0) is 29.4. The summed E-state index contributed by atoms with van der Waals surface area (Å²) in [6.45, 7) is -0.923. The lowest BCUT2D eigenvalue weighted by Crippen LogP contribution is -2.64. The van der Waals surface area contributed by atoms with Crippen molar-refractivity contribution in [2.75, 3.05) is 26.7 Å². The van der Waals surface area contributed by atoms with Gasteiger partial charge in [-0.05, 0) is 48.7 Å². The van der Waals surface area contributed by atoms with Crippen molar-refractivity contribution in [1.29, 1.82) is 0 Å². The van der Waals surface area contributed by atoms with Gasteiger partial charge in [-0.3, -0.25) is 20.1 Å². The normalized spacial score (nSPS) is 21.2. The highest BCUT2D eigenvalue weighted by atomic mass is 19.3. The first-order valence-electron chi connectivity index (χ1n) is 13.6. The third-order valence-corrected chi connectivity index (χ3v) is 7.94. The van der Waals surface area contributed by atoms with Gasteiger partial charge in [-0.2, -0.15) is 15.3 Å². The number of ether oxygens (including phenoxy) is 1. The minimum Gasteiger partial charge on any atom is -0.496 e. The fraction of sp³-hybridized carbons (Fsp3) is 0.379. The lowest BCUT2D eigenvalue weighted by Gasteiger charge is -2.45. The maximum Gasteiger partial charge on any atom is 0.282 e. The number of methoxy groups -OCH3 is 1. The van der Waals surface area contributed by atoms with E-state index in [2.05, 4.69) is 25.7 Å². The smallest absolute Gasteiger partial charge is 0.282 e. The van der Waals surface area contributed by atoms with Crippen molar-refractivity contribution in [3.8, 4) is 17.0 Å². The fourth-order valence-corrected chi connectivity index (χ4v) is 5.77. The highest BCUT2D eigenvalue weighted by Crippen LogP contribution is 2.33. The van der Waals surface area contributed by atoms with Crippen LogP contribution in [0.2, 0.25) is 0 Å². The Hall–Kier alpha value is -4.07. The first-order chi connectivity index (χ1) is 20.2. The van der Waals surface area contributed by atoms with Crippen LogP contribution in [0.5, 0.6) is 5.75 Å². The van der Waals surface area contributed by atoms with Gasteiger partial charge in [0.05, 0.1) is 44.2 Å². The molecular weight excluding hydrogens is 551 g/mol. The van der Waals surface area contributed by atoms with E-state index in [1.807, 2.05) is 12.1 Å². The molecule has 1 unspecified atom stereocenters. The first kappa shape index (κ1) is 28.1. The number of alkyl halides is 2. The summed E-state index contributed by atoms with van der Waals surface area (Å²) >= 11 is 0. The molecule has 4 aromatic rings. The maximum atomic E-state index is 14.9. The zero-order valence-electron chi connectivity index (χ0n) is 22.8. The molecule has 2 saturated heterocycles. The fourth-order valence-electron chi connectivity index (χ4n) is 5.77. The molecule has 3 atom stereocenters. The number of aliphatic hydroxyl groups is 1. The molecule has 4 heterocycles. The standard InChI is InChI=1S/C29H30F3N7O3/c1-42-25-4-2-3-22(30)21(25)14-38-13-19(6-8-24(38)28(41)39-15-29(31,32)16-39)35-27(40)17-5-7-23-20(11-17)26(37-36-23)18-9-10-33-34-12-18/h2-5,7,9-12,19,24,27,35,40H,6,8,13-16H2,1H3,(H,36,37)/t19-,24+,27?/m1/s1. The van der Waals surface area contributed by atoms with Gasteiger partial charge in [0.15, 0.2) is 0 Å². The van der Waals surface area contributed by atoms with Gasteiger partial charge in [0.1, 0.15) is 23.5 Å². The number of hydrogen-bond acceptors (Lipinski definition) is 8. The molecule has 2 aromatic carbocycles. The number of rotatable bonds is 8. The second kappa shape index (κ2) is 11.3. The molecule has 0 radical (unpaired) electrons. The minimum atomic E-state index is -2.89. The van der Waals surface area contributed by atoms with Crippen LogP contribution in [0.25, 0.3) is 22.2 Å². The Kier molecular flexibility index (Phi) is 7.56. The Bertz CT molecular complexity index is 1580. The number of likely N-dealkylation sites (tertiary alicyclic amines) is 2. The number of H-pyrrole nitrogens is 1. The maximum absolute atomic E-state index is 14.9. The molecule has 1 amide bonds. The van der Waals surface area contributed by atoms with E-state index in [0.717, 1.165) is 21.4 Å². The van der Waals surface area contributed by atoms with E-state index in [-0.39, 0.29) is 24.7 Å². The van der Waals surface area contributed by atoms with Crippen LogP contribution in [-0.4, -0.2) is 86.0 Å². The van der Waals surface area contributed by atoms with Gasteiger partial charge in [-0.1, -0.05) is 12.1 Å². The molecular formula is C29H30F3N7O3. The average Bonchev–Trinajstić information content (AvgIpc) is 3.40. The van der Waals surface area contributed by atoms with Crippen molar-refractivity contribution in [1.82, 2.24) is 35.5 Å². The minimum absolute atomic E-state index is 0.0368. The van der Waals surface area contributed by atoms with E-state index >= 15 is 0 Å². The summed E-state index contributed by atoms with van der Waals surface area (Å²) in [5.41, 5.74) is 3.12. The molecule has 42 heavy (non-hydrogen) atoms. The van der Waals surface area contributed by atoms with Gasteiger partial charge in [0.2, 0.25) is 5.91 Å². The Morgan fingerprint density at radius 1 is 1.21 bits per heavy atom. The van der Waals surface area contributed by atoms with Gasteiger partial charge < -0.3 is 14.7 Å². The number of aromatic amines is 1. The zero-order valence-corrected chi connectivity index (χ0v) is 22.8. The second-order valence-electron chi connectivity index (χ2n) is 10.8. The van der Waals surface area contributed by atoms with Crippen LogP contribution in [0, 0.1) is 5.82 Å². The van der Waals surface area contributed by atoms with Gasteiger partial charge in [-0.15, -0.1) is 0 Å². The monoisotopic (exact) mass is 581 g/mol. The van der Waals surface area contributed by atoms with Gasteiger partial charge in [0, 0.05) is 35.6 Å². The molecule has 0 bridgehead atoms. The molecule has 2 aromatic heterocycles. The molecule has 13 heteroatoms. The number of aromatic nitrogens is 4. The van der Waals surface area contributed by atoms with Crippen LogP contribution in [0.15, 0.2) is 54.9 Å². The SMILES string of the molecule is COc1cccc(F)c1CN1C[C@H](NC(O)c2ccc3[nH]nc(-c4ccnnc4)c3c2)CC[C@H]1C(=O)N1CC(F)(F)C1. The molecule has 2 aliphatic heterocycles. The number of piperidine rings is 1. The van der Waals surface area contributed by atoms with E-state index in [9.17, 15) is 23.1 Å². The summed E-state index contributed by atoms with van der Waals surface area (Å²) in [6, 6.07) is 10.8. The van der Waals surface area contributed by atoms with Gasteiger partial charge >= 0.3 is 0 Å². The average molecular weight is 582 g/mol. The van der Waals surface area contributed by atoms with Crippen molar-refractivity contribution < 1.29 is 27.8 Å². The van der Waals surface area contributed by atoms with Crippen LogP contribution >= 0.6 is 0 Å². The Balaban J connectivity index is 1.21. The Labute approximate surface area is 239 Å². The molecule has 6 rings (SSSR count). The molecule has 2 fully saturated rings. The Morgan fingerprint density at radius 3 is 2.79 bits per heavy atom. The van der Waals surface area contributed by atoms with Crippen LogP contribution in [0.4, 0.5) is 13.2 Å². The van der Waals surface area contributed by atoms with Crippen LogP contribution in [0.3, 0.4) is 0 Å². The summed E-state index contributed by atoms with van der Waals surface area (Å²) in [4.78, 5) is 16.2. The van der Waals surface area contributed by atoms with Crippen molar-refractivity contribution in [3.05, 3.63) is 71.8 Å². The van der Waals surface area contributed by atoms with E-state index in [1.54, 1.807) is 35.5 Å². The van der Waals surface area contributed by atoms with Crippen molar-refractivity contribution >= 4 is 16.8 Å². The second-order valence-corrected chi connectivity index (χ2v) is 10.8. The third-order valence-electron chi connectivity index (χ3n) is 7.94. The number of nitrogens with one attached hydrogen (secondary N) is 2. The summed E-state index contributed by atoms with van der Waals surface area (Å²) in [5, 5.41) is 30.3. The molecule has 0 spiro atoms. The summed E-state index contributed by atoms with van der Waals surface area (Å²) < 4.78 is 47.3. The van der Waals surface area contributed by atoms with E-state index in [4.69, 9.17) is 4.74 Å². The number of carbonyl (C=O) groups is 1. The lowest BCUT2D eigenvalue weighted by atomic mass is 9.94. The number of nitrogens with zero attached hydrogens (tertiary/aromatic N) is 5. The number of benzene rings is 2. The van der Waals surface area contributed by atoms with Crippen molar-refractivity contribution in [3.63, 3.8) is 0 Å². The highest BCUT2D eigenvalue weighted by molar-refractivity contribution is 5.93. The number of halogens is 3. The summed E-state index contributed by atoms with van der Waals surface area (Å²) in [6.07, 6.45) is 2.99. The summed E-state index contributed by atoms with van der Waals surface area (Å²) in [7, 11) is 1.44. The van der Waals surface area contributed by atoms with Crippen molar-refractivity contribution in [2.24, 2.45) is 0 Å². The van der Waals surface area contributed by atoms with Gasteiger partial charge in [-0.25, -0.2) is 13.2 Å². The molecule has 3 N–H and O–H groups in total. The number of aliphatic hydroxyl groups excluding tert-OH is 1. The number of fused-ring (bicyclic) bond motifs is 1. The van der Waals surface area contributed by atoms with E-state index in [1.165, 1.54) is 19.2 Å². The molecule has 10 nitrogen and oxygen atoms in total. The molecule has 0 saturated carbocycles. The first-order valence-corrected chi connectivity index (χ1v) is 13.6. The van der Waals surface area contributed by atoms with Crippen molar-refractivity contribution in [2.45, 2.75) is 43.6 Å². The van der Waals surface area contributed by atoms with Crippen LogP contribution < -0.4 is 10.1 Å². The highest BCUT2D eigenvalue weighted by Gasteiger charge is 2.49. The van der Waals surface area contributed by atoms with Crippen LogP contribution in [-0.2, 0) is 11.3 Å². The van der Waals surface area contributed by atoms with E-state index in [0.29, 0.717) is 29.8 Å². The number of hydrogen-bond donors (Lipinski definition) is 3. The third kappa shape index (κ3) is 5.54. The number of carbonyl (C=O) groups excluding carboxylic acids is 1. The topological polar surface area (TPSA) is 119 Å². The molecule has 0 aliphatic carbocycles. The largest absolute Gasteiger partial charge is 0.496 e.